The first-order valence-electron chi connectivity index (χ1n) is 7.62. The third-order valence-electron chi connectivity index (χ3n) is 3.72. The SMILES string of the molecule is COc1cccc(-c2nc(CS(=O)(=O)c3ccc(O)cc3)cs2)c1OC. The van der Waals surface area contributed by atoms with E-state index in [4.69, 9.17) is 9.47 Å². The Hall–Kier alpha value is -2.58. The number of benzene rings is 2. The van der Waals surface area contributed by atoms with Crippen LogP contribution in [0, 0.1) is 0 Å². The zero-order valence-corrected chi connectivity index (χ0v) is 15.8. The first kappa shape index (κ1) is 18.2. The molecular formula is C18H17NO5S2. The molecule has 0 atom stereocenters. The number of nitrogens with zero attached hydrogens (tertiary/aromatic N) is 1. The first-order chi connectivity index (χ1) is 12.4. The third kappa shape index (κ3) is 3.66. The van der Waals surface area contributed by atoms with Crippen LogP contribution in [0.25, 0.3) is 10.6 Å². The topological polar surface area (TPSA) is 85.7 Å². The van der Waals surface area contributed by atoms with E-state index in [1.54, 1.807) is 25.7 Å². The summed E-state index contributed by atoms with van der Waals surface area (Å²) in [5, 5.41) is 11.7. The van der Waals surface area contributed by atoms with Crippen molar-refractivity contribution in [3.05, 3.63) is 53.5 Å². The summed E-state index contributed by atoms with van der Waals surface area (Å²) in [5.74, 6) is 0.932. The van der Waals surface area contributed by atoms with Gasteiger partial charge in [-0.25, -0.2) is 13.4 Å². The van der Waals surface area contributed by atoms with Crippen molar-refractivity contribution in [3.8, 4) is 27.8 Å². The number of hydrogen-bond donors (Lipinski definition) is 1. The second-order valence-corrected chi connectivity index (χ2v) is 8.29. The van der Waals surface area contributed by atoms with Crippen molar-refractivity contribution in [2.75, 3.05) is 14.2 Å². The van der Waals surface area contributed by atoms with Gasteiger partial charge in [0.1, 0.15) is 10.8 Å². The molecule has 0 fully saturated rings. The van der Waals surface area contributed by atoms with Gasteiger partial charge < -0.3 is 14.6 Å². The number of aromatic nitrogens is 1. The van der Waals surface area contributed by atoms with Gasteiger partial charge in [-0.05, 0) is 36.4 Å². The van der Waals surface area contributed by atoms with Gasteiger partial charge in [0.15, 0.2) is 21.3 Å². The number of rotatable bonds is 6. The Labute approximate surface area is 155 Å². The summed E-state index contributed by atoms with van der Waals surface area (Å²) in [4.78, 5) is 4.59. The Morgan fingerprint density at radius 1 is 1.08 bits per heavy atom. The summed E-state index contributed by atoms with van der Waals surface area (Å²) in [7, 11) is -0.449. The van der Waals surface area contributed by atoms with Gasteiger partial charge in [0.25, 0.3) is 0 Å². The molecule has 136 valence electrons. The molecular weight excluding hydrogens is 374 g/mol. The van der Waals surface area contributed by atoms with E-state index in [9.17, 15) is 13.5 Å². The second kappa shape index (κ2) is 7.35. The predicted octanol–water partition coefficient (Wildman–Crippen LogP) is 3.51. The summed E-state index contributed by atoms with van der Waals surface area (Å²) in [5.41, 5.74) is 1.19. The maximum Gasteiger partial charge on any atom is 0.184 e. The van der Waals surface area contributed by atoms with E-state index in [0.29, 0.717) is 22.2 Å². The molecule has 6 nitrogen and oxygen atoms in total. The number of sulfone groups is 1. The van der Waals surface area contributed by atoms with Gasteiger partial charge in [-0.1, -0.05) is 6.07 Å². The Kier molecular flexibility index (Phi) is 5.15. The first-order valence-corrected chi connectivity index (χ1v) is 10.2. The maximum absolute atomic E-state index is 12.5. The molecule has 0 unspecified atom stereocenters. The van der Waals surface area contributed by atoms with E-state index >= 15 is 0 Å². The molecule has 0 bridgehead atoms. The number of hydrogen-bond acceptors (Lipinski definition) is 7. The van der Waals surface area contributed by atoms with Crippen molar-refractivity contribution in [2.24, 2.45) is 0 Å². The summed E-state index contributed by atoms with van der Waals surface area (Å²) < 4.78 is 35.7. The van der Waals surface area contributed by atoms with E-state index in [-0.39, 0.29) is 16.4 Å². The number of thiazole rings is 1. The maximum atomic E-state index is 12.5. The summed E-state index contributed by atoms with van der Waals surface area (Å²) >= 11 is 1.34. The zero-order valence-electron chi connectivity index (χ0n) is 14.2. The van der Waals surface area contributed by atoms with E-state index < -0.39 is 9.84 Å². The molecule has 2 aromatic carbocycles. The molecule has 1 aromatic heterocycles. The molecule has 3 aromatic rings. The average Bonchev–Trinajstić information content (AvgIpc) is 3.08. The lowest BCUT2D eigenvalue weighted by molar-refractivity contribution is 0.356. The highest BCUT2D eigenvalue weighted by atomic mass is 32.2. The molecule has 0 aliphatic carbocycles. The van der Waals surface area contributed by atoms with Crippen molar-refractivity contribution in [3.63, 3.8) is 0 Å². The summed E-state index contributed by atoms with van der Waals surface area (Å²) in [6.45, 7) is 0. The molecule has 0 aliphatic rings. The Balaban J connectivity index is 1.90. The predicted molar refractivity (Wildman–Crippen MR) is 99.7 cm³/mol. The number of phenolic OH excluding ortho intramolecular Hbond substituents is 1. The van der Waals surface area contributed by atoms with Crippen LogP contribution < -0.4 is 9.47 Å². The quantitative estimate of drug-likeness (QED) is 0.692. The number of para-hydroxylation sites is 1. The van der Waals surface area contributed by atoms with Crippen molar-refractivity contribution in [2.45, 2.75) is 10.6 Å². The van der Waals surface area contributed by atoms with Crippen molar-refractivity contribution >= 4 is 21.2 Å². The van der Waals surface area contributed by atoms with Crippen LogP contribution in [0.15, 0.2) is 52.7 Å². The molecule has 3 rings (SSSR count). The van der Waals surface area contributed by atoms with Gasteiger partial charge in [-0.2, -0.15) is 0 Å². The molecule has 8 heteroatoms. The minimum Gasteiger partial charge on any atom is -0.508 e. The smallest absolute Gasteiger partial charge is 0.184 e. The fraction of sp³-hybridized carbons (Fsp3) is 0.167. The molecule has 0 radical (unpaired) electrons. The highest BCUT2D eigenvalue weighted by Gasteiger charge is 2.19. The minimum absolute atomic E-state index is 0.0185. The van der Waals surface area contributed by atoms with Crippen molar-refractivity contribution in [1.82, 2.24) is 4.98 Å². The number of ether oxygens (including phenoxy) is 2. The molecule has 0 saturated heterocycles. The highest BCUT2D eigenvalue weighted by molar-refractivity contribution is 7.90. The largest absolute Gasteiger partial charge is 0.508 e. The van der Waals surface area contributed by atoms with Crippen LogP contribution in [-0.4, -0.2) is 32.7 Å². The molecule has 0 spiro atoms. The second-order valence-electron chi connectivity index (χ2n) is 5.44. The van der Waals surface area contributed by atoms with Gasteiger partial charge >= 0.3 is 0 Å². The molecule has 0 aliphatic heterocycles. The molecule has 0 amide bonds. The van der Waals surface area contributed by atoms with Crippen LogP contribution >= 0.6 is 11.3 Å². The van der Waals surface area contributed by atoms with Crippen LogP contribution in [0.1, 0.15) is 5.69 Å². The molecule has 1 heterocycles. The Bertz CT molecular complexity index is 1010. The number of methoxy groups -OCH3 is 2. The van der Waals surface area contributed by atoms with Gasteiger partial charge in [0.05, 0.1) is 36.1 Å². The molecule has 0 saturated carbocycles. The fourth-order valence-electron chi connectivity index (χ4n) is 2.48. The van der Waals surface area contributed by atoms with Crippen molar-refractivity contribution in [1.29, 1.82) is 0 Å². The number of phenols is 1. The van der Waals surface area contributed by atoms with E-state index in [1.807, 2.05) is 12.1 Å². The van der Waals surface area contributed by atoms with Crippen LogP contribution in [0.2, 0.25) is 0 Å². The Morgan fingerprint density at radius 3 is 2.46 bits per heavy atom. The average molecular weight is 391 g/mol. The Morgan fingerprint density at radius 2 is 1.81 bits per heavy atom. The number of aromatic hydroxyl groups is 1. The van der Waals surface area contributed by atoms with Crippen LogP contribution in [0.5, 0.6) is 17.2 Å². The van der Waals surface area contributed by atoms with E-state index in [1.165, 1.54) is 35.6 Å². The normalized spacial score (nSPS) is 11.3. The van der Waals surface area contributed by atoms with Gasteiger partial charge in [0.2, 0.25) is 0 Å². The lowest BCUT2D eigenvalue weighted by Crippen LogP contribution is -2.05. The highest BCUT2D eigenvalue weighted by Crippen LogP contribution is 2.39. The lowest BCUT2D eigenvalue weighted by atomic mass is 10.2. The standard InChI is InChI=1S/C18H17NO5S2/c1-23-16-5-3-4-15(17(16)24-2)18-19-12(10-25-18)11-26(21,22)14-8-6-13(20)7-9-14/h3-10,20H,11H2,1-2H3. The monoisotopic (exact) mass is 391 g/mol. The van der Waals surface area contributed by atoms with Crippen LogP contribution in [0.3, 0.4) is 0 Å². The van der Waals surface area contributed by atoms with Crippen molar-refractivity contribution < 1.29 is 23.0 Å². The third-order valence-corrected chi connectivity index (χ3v) is 6.31. The lowest BCUT2D eigenvalue weighted by Gasteiger charge is -2.10. The van der Waals surface area contributed by atoms with Crippen LogP contribution in [-0.2, 0) is 15.6 Å². The van der Waals surface area contributed by atoms with Gasteiger partial charge in [-0.15, -0.1) is 11.3 Å². The summed E-state index contributed by atoms with van der Waals surface area (Å²) in [6.07, 6.45) is 0. The van der Waals surface area contributed by atoms with E-state index in [0.717, 1.165) is 5.56 Å². The van der Waals surface area contributed by atoms with Gasteiger partial charge in [-0.3, -0.25) is 0 Å². The van der Waals surface area contributed by atoms with Crippen LogP contribution in [0.4, 0.5) is 0 Å². The zero-order chi connectivity index (χ0) is 18.7. The molecule has 26 heavy (non-hydrogen) atoms. The van der Waals surface area contributed by atoms with Gasteiger partial charge in [0, 0.05) is 5.38 Å². The minimum atomic E-state index is -3.55. The van der Waals surface area contributed by atoms with E-state index in [2.05, 4.69) is 4.98 Å². The molecule has 1 N–H and O–H groups in total. The fourth-order valence-corrected chi connectivity index (χ4v) is 4.69. The summed E-state index contributed by atoms with van der Waals surface area (Å²) in [6, 6.07) is 10.9.